The number of hydrogen-bond acceptors (Lipinski definition) is 3. The normalized spacial score (nSPS) is 22.9. The molecule has 0 radical (unpaired) electrons. The Kier molecular flexibility index (Phi) is 9.06. The van der Waals surface area contributed by atoms with E-state index in [-0.39, 0.29) is 30.8 Å². The highest BCUT2D eigenvalue weighted by Crippen LogP contribution is 2.30. The van der Waals surface area contributed by atoms with Crippen LogP contribution in [0, 0.1) is 5.92 Å². The molecule has 0 bridgehead atoms. The quantitative estimate of drug-likeness (QED) is 0.627. The van der Waals surface area contributed by atoms with Crippen LogP contribution in [0.5, 0.6) is 0 Å². The van der Waals surface area contributed by atoms with Crippen LogP contribution >= 0.6 is 24.0 Å². The molecule has 0 atom stereocenters. The third-order valence-electron chi connectivity index (χ3n) is 6.00. The minimum absolute atomic E-state index is 0. The lowest BCUT2D eigenvalue weighted by molar-refractivity contribution is -0.137. The number of benzene rings is 1. The van der Waals surface area contributed by atoms with Gasteiger partial charge in [0.2, 0.25) is 0 Å². The second-order valence-corrected chi connectivity index (χ2v) is 8.29. The van der Waals surface area contributed by atoms with E-state index in [1.54, 1.807) is 0 Å². The summed E-state index contributed by atoms with van der Waals surface area (Å²) in [5.74, 6) is 0.142. The van der Waals surface area contributed by atoms with Crippen LogP contribution in [0.2, 0.25) is 5.02 Å². The van der Waals surface area contributed by atoms with Crippen molar-refractivity contribution < 1.29 is 14.7 Å². The molecule has 5 nitrogen and oxygen atoms in total. The Labute approximate surface area is 178 Å². The summed E-state index contributed by atoms with van der Waals surface area (Å²) in [7, 11) is 0. The van der Waals surface area contributed by atoms with E-state index in [0.29, 0.717) is 22.4 Å². The van der Waals surface area contributed by atoms with Crippen molar-refractivity contribution in [3.8, 4) is 0 Å². The first kappa shape index (κ1) is 23.0. The second kappa shape index (κ2) is 11.0. The smallest absolute Gasteiger partial charge is 0.303 e. The predicted octanol–water partition coefficient (Wildman–Crippen LogP) is 4.38. The fourth-order valence-electron chi connectivity index (χ4n) is 4.31. The van der Waals surface area contributed by atoms with Gasteiger partial charge in [0.05, 0.1) is 10.6 Å². The molecule has 156 valence electrons. The molecule has 1 saturated heterocycles. The molecule has 1 saturated carbocycles. The SMILES string of the molecule is Cl.O=C(O)CCC1CCC(NC(=O)c2ccc(C3CCNCC3)cc2Cl)CC1. The summed E-state index contributed by atoms with van der Waals surface area (Å²) in [5, 5.41) is 15.8. The van der Waals surface area contributed by atoms with E-state index in [9.17, 15) is 9.59 Å². The molecule has 1 heterocycles. The summed E-state index contributed by atoms with van der Waals surface area (Å²) in [6, 6.07) is 6.00. The van der Waals surface area contributed by atoms with Gasteiger partial charge in [0, 0.05) is 12.5 Å². The maximum Gasteiger partial charge on any atom is 0.303 e. The van der Waals surface area contributed by atoms with Crippen molar-refractivity contribution in [2.24, 2.45) is 5.92 Å². The molecule has 0 aromatic heterocycles. The van der Waals surface area contributed by atoms with Crippen molar-refractivity contribution in [2.45, 2.75) is 63.3 Å². The predicted molar refractivity (Wildman–Crippen MR) is 114 cm³/mol. The fourth-order valence-corrected chi connectivity index (χ4v) is 4.59. The van der Waals surface area contributed by atoms with Crippen LogP contribution in [0.15, 0.2) is 18.2 Å². The van der Waals surface area contributed by atoms with Gasteiger partial charge in [0.25, 0.3) is 5.91 Å². The van der Waals surface area contributed by atoms with Crippen LogP contribution in [0.4, 0.5) is 0 Å². The van der Waals surface area contributed by atoms with E-state index in [0.717, 1.165) is 58.0 Å². The molecule has 1 aromatic rings. The van der Waals surface area contributed by atoms with Crippen molar-refractivity contribution >= 4 is 35.9 Å². The van der Waals surface area contributed by atoms with E-state index in [1.165, 1.54) is 5.56 Å². The van der Waals surface area contributed by atoms with E-state index in [1.807, 2.05) is 18.2 Å². The number of carbonyl (C=O) groups excluding carboxylic acids is 1. The highest BCUT2D eigenvalue weighted by Gasteiger charge is 2.24. The van der Waals surface area contributed by atoms with Gasteiger partial charge in [-0.1, -0.05) is 17.7 Å². The van der Waals surface area contributed by atoms with Crippen LogP contribution in [-0.2, 0) is 4.79 Å². The fraction of sp³-hybridized carbons (Fsp3) is 0.619. The van der Waals surface area contributed by atoms with Gasteiger partial charge < -0.3 is 15.7 Å². The molecule has 3 N–H and O–H groups in total. The molecule has 7 heteroatoms. The molecule has 1 aliphatic heterocycles. The monoisotopic (exact) mass is 428 g/mol. The minimum atomic E-state index is -0.729. The Bertz CT molecular complexity index is 670. The van der Waals surface area contributed by atoms with Crippen molar-refractivity contribution in [1.29, 1.82) is 0 Å². The van der Waals surface area contributed by atoms with E-state index >= 15 is 0 Å². The lowest BCUT2D eigenvalue weighted by Crippen LogP contribution is -2.37. The van der Waals surface area contributed by atoms with E-state index < -0.39 is 5.97 Å². The van der Waals surface area contributed by atoms with Gasteiger partial charge in [0.15, 0.2) is 0 Å². The Morgan fingerprint density at radius 3 is 2.39 bits per heavy atom. The maximum atomic E-state index is 12.6. The van der Waals surface area contributed by atoms with Gasteiger partial charge in [-0.25, -0.2) is 0 Å². The molecule has 1 aromatic carbocycles. The average Bonchev–Trinajstić information content (AvgIpc) is 2.68. The number of nitrogens with one attached hydrogen (secondary N) is 2. The van der Waals surface area contributed by atoms with Crippen molar-refractivity contribution in [2.75, 3.05) is 13.1 Å². The topological polar surface area (TPSA) is 78.4 Å². The standard InChI is InChI=1S/C21H29ClN2O3.ClH/c22-19-13-16(15-9-11-23-12-10-15)4-7-18(19)21(27)24-17-5-1-14(2-6-17)3-8-20(25)26;/h4,7,13-15,17,23H,1-3,5-6,8-12H2,(H,24,27)(H,25,26);1H. The van der Waals surface area contributed by atoms with Crippen LogP contribution < -0.4 is 10.6 Å². The largest absolute Gasteiger partial charge is 0.481 e. The van der Waals surface area contributed by atoms with Crippen LogP contribution in [0.1, 0.15) is 73.2 Å². The molecular formula is C21H30Cl2N2O3. The number of carboxylic acid groups (broad SMARTS) is 1. The zero-order valence-corrected chi connectivity index (χ0v) is 17.7. The summed E-state index contributed by atoms with van der Waals surface area (Å²) >= 11 is 6.42. The van der Waals surface area contributed by atoms with Gasteiger partial charge in [-0.2, -0.15) is 0 Å². The third-order valence-corrected chi connectivity index (χ3v) is 6.31. The van der Waals surface area contributed by atoms with Gasteiger partial charge >= 0.3 is 5.97 Å². The van der Waals surface area contributed by atoms with Gasteiger partial charge in [0.1, 0.15) is 0 Å². The first-order valence-electron chi connectivity index (χ1n) is 10.1. The Morgan fingerprint density at radius 1 is 1.11 bits per heavy atom. The molecule has 1 aliphatic carbocycles. The number of piperidine rings is 1. The number of amides is 1. The highest BCUT2D eigenvalue weighted by atomic mass is 35.5. The van der Waals surface area contributed by atoms with Crippen LogP contribution in [0.3, 0.4) is 0 Å². The lowest BCUT2D eigenvalue weighted by atomic mass is 9.83. The van der Waals surface area contributed by atoms with Crippen molar-refractivity contribution in [3.05, 3.63) is 34.3 Å². The first-order chi connectivity index (χ1) is 13.0. The summed E-state index contributed by atoms with van der Waals surface area (Å²) in [4.78, 5) is 23.3. The summed E-state index contributed by atoms with van der Waals surface area (Å²) in [6.45, 7) is 2.05. The van der Waals surface area contributed by atoms with E-state index in [2.05, 4.69) is 10.6 Å². The van der Waals surface area contributed by atoms with Crippen LogP contribution in [-0.4, -0.2) is 36.1 Å². The molecule has 3 rings (SSSR count). The minimum Gasteiger partial charge on any atom is -0.481 e. The number of carboxylic acids is 1. The number of rotatable bonds is 6. The maximum absolute atomic E-state index is 12.6. The lowest BCUT2D eigenvalue weighted by Gasteiger charge is -2.29. The molecule has 2 aliphatic rings. The number of aliphatic carboxylic acids is 1. The van der Waals surface area contributed by atoms with Crippen LogP contribution in [0.25, 0.3) is 0 Å². The Balaban J connectivity index is 0.00000280. The summed E-state index contributed by atoms with van der Waals surface area (Å²) in [5.41, 5.74) is 1.76. The highest BCUT2D eigenvalue weighted by molar-refractivity contribution is 6.33. The number of carbonyl (C=O) groups is 2. The van der Waals surface area contributed by atoms with Crippen molar-refractivity contribution in [1.82, 2.24) is 10.6 Å². The number of hydrogen-bond donors (Lipinski definition) is 3. The molecule has 1 amide bonds. The Hall–Kier alpha value is -1.30. The van der Waals surface area contributed by atoms with Gasteiger partial charge in [-0.3, -0.25) is 9.59 Å². The second-order valence-electron chi connectivity index (χ2n) is 7.89. The number of halogens is 2. The summed E-state index contributed by atoms with van der Waals surface area (Å²) in [6.07, 6.45) is 6.93. The zero-order valence-electron chi connectivity index (χ0n) is 16.1. The Morgan fingerprint density at radius 2 is 1.79 bits per heavy atom. The average molecular weight is 429 g/mol. The summed E-state index contributed by atoms with van der Waals surface area (Å²) < 4.78 is 0. The molecule has 28 heavy (non-hydrogen) atoms. The first-order valence-corrected chi connectivity index (χ1v) is 10.4. The molecule has 2 fully saturated rings. The van der Waals surface area contributed by atoms with Gasteiger partial charge in [-0.05, 0) is 87.6 Å². The molecule has 0 unspecified atom stereocenters. The van der Waals surface area contributed by atoms with E-state index in [4.69, 9.17) is 16.7 Å². The molecule has 0 spiro atoms. The van der Waals surface area contributed by atoms with Gasteiger partial charge in [-0.15, -0.1) is 12.4 Å². The third kappa shape index (κ3) is 6.36. The molecular weight excluding hydrogens is 399 g/mol. The zero-order chi connectivity index (χ0) is 19.2. The van der Waals surface area contributed by atoms with Crippen molar-refractivity contribution in [3.63, 3.8) is 0 Å².